The summed E-state index contributed by atoms with van der Waals surface area (Å²) >= 11 is 0. The van der Waals surface area contributed by atoms with E-state index in [0.717, 1.165) is 18.5 Å². The normalized spacial score (nSPS) is 21.2. The summed E-state index contributed by atoms with van der Waals surface area (Å²) in [5, 5.41) is 10.2. The molecule has 126 valence electrons. The SMILES string of the molecule is Oc1cccc2c1O[C@H](CNNc1ccccc1)C21CCCCC1. The van der Waals surface area contributed by atoms with Gasteiger partial charge in [0.2, 0.25) is 0 Å². The van der Waals surface area contributed by atoms with Gasteiger partial charge in [0.05, 0.1) is 6.54 Å². The maximum Gasteiger partial charge on any atom is 0.165 e. The van der Waals surface area contributed by atoms with E-state index in [1.165, 1.54) is 24.8 Å². The van der Waals surface area contributed by atoms with Gasteiger partial charge < -0.3 is 15.3 Å². The van der Waals surface area contributed by atoms with Gasteiger partial charge in [0, 0.05) is 16.7 Å². The van der Waals surface area contributed by atoms with Crippen LogP contribution in [-0.4, -0.2) is 17.8 Å². The first-order valence-corrected chi connectivity index (χ1v) is 8.83. The fourth-order valence-electron chi connectivity index (χ4n) is 4.25. The molecule has 0 radical (unpaired) electrons. The largest absolute Gasteiger partial charge is 0.504 e. The number of fused-ring (bicyclic) bond motifs is 2. The van der Waals surface area contributed by atoms with Crippen LogP contribution in [0.1, 0.15) is 37.7 Å². The lowest BCUT2D eigenvalue weighted by Gasteiger charge is -2.37. The zero-order valence-corrected chi connectivity index (χ0v) is 13.8. The molecule has 3 N–H and O–H groups in total. The molecule has 1 heterocycles. The van der Waals surface area contributed by atoms with Crippen molar-refractivity contribution in [3.8, 4) is 11.5 Å². The number of ether oxygens (including phenoxy) is 1. The van der Waals surface area contributed by atoms with E-state index >= 15 is 0 Å². The Hall–Kier alpha value is -2.20. The van der Waals surface area contributed by atoms with Crippen LogP contribution < -0.4 is 15.6 Å². The van der Waals surface area contributed by atoms with E-state index in [-0.39, 0.29) is 17.3 Å². The van der Waals surface area contributed by atoms with E-state index in [2.05, 4.69) is 16.9 Å². The van der Waals surface area contributed by atoms with Gasteiger partial charge in [0.15, 0.2) is 11.5 Å². The molecule has 24 heavy (non-hydrogen) atoms. The van der Waals surface area contributed by atoms with E-state index in [1.807, 2.05) is 36.4 Å². The van der Waals surface area contributed by atoms with E-state index < -0.39 is 0 Å². The molecule has 1 aliphatic carbocycles. The van der Waals surface area contributed by atoms with E-state index in [4.69, 9.17) is 4.74 Å². The van der Waals surface area contributed by atoms with Crippen molar-refractivity contribution in [3.05, 3.63) is 54.1 Å². The van der Waals surface area contributed by atoms with Crippen molar-refractivity contribution in [1.82, 2.24) is 5.43 Å². The Balaban J connectivity index is 1.53. The van der Waals surface area contributed by atoms with Crippen LogP contribution in [0.2, 0.25) is 0 Å². The number of anilines is 1. The van der Waals surface area contributed by atoms with Gasteiger partial charge in [0.1, 0.15) is 6.10 Å². The zero-order valence-electron chi connectivity index (χ0n) is 13.8. The van der Waals surface area contributed by atoms with Crippen molar-refractivity contribution in [1.29, 1.82) is 0 Å². The summed E-state index contributed by atoms with van der Waals surface area (Å²) in [5.41, 5.74) is 8.81. The standard InChI is InChI=1S/C20H24N2O2/c23-17-11-7-10-16-19(17)24-18(20(16)12-5-2-6-13-20)14-21-22-15-8-3-1-4-9-15/h1,3-4,7-11,18,21-23H,2,5-6,12-14H2/t18-/m1/s1. The maximum absolute atomic E-state index is 10.2. The van der Waals surface area contributed by atoms with E-state index in [1.54, 1.807) is 6.07 Å². The van der Waals surface area contributed by atoms with Gasteiger partial charge in [-0.25, -0.2) is 5.43 Å². The molecule has 2 aromatic rings. The molecule has 4 heteroatoms. The van der Waals surface area contributed by atoms with Crippen LogP contribution in [0.25, 0.3) is 0 Å². The summed E-state index contributed by atoms with van der Waals surface area (Å²) in [6.07, 6.45) is 6.03. The van der Waals surface area contributed by atoms with Crippen LogP contribution in [0.15, 0.2) is 48.5 Å². The minimum Gasteiger partial charge on any atom is -0.504 e. The predicted octanol–water partition coefficient (Wildman–Crippen LogP) is 3.97. The van der Waals surface area contributed by atoms with Crippen LogP contribution in [0, 0.1) is 0 Å². The van der Waals surface area contributed by atoms with Crippen LogP contribution in [0.3, 0.4) is 0 Å². The second-order valence-electron chi connectivity index (χ2n) is 6.85. The average Bonchev–Trinajstić information content (AvgIpc) is 2.92. The third kappa shape index (κ3) is 2.61. The molecule has 1 fully saturated rings. The Morgan fingerprint density at radius 2 is 1.79 bits per heavy atom. The number of para-hydroxylation sites is 2. The second kappa shape index (κ2) is 6.36. The number of hydrogen-bond acceptors (Lipinski definition) is 4. The number of phenols is 1. The lowest BCUT2D eigenvalue weighted by molar-refractivity contribution is 0.112. The summed E-state index contributed by atoms with van der Waals surface area (Å²) in [6.45, 7) is 0.697. The fourth-order valence-corrected chi connectivity index (χ4v) is 4.25. The van der Waals surface area contributed by atoms with Crippen molar-refractivity contribution in [2.45, 2.75) is 43.6 Å². The molecule has 0 bridgehead atoms. The molecule has 0 aromatic heterocycles. The summed E-state index contributed by atoms with van der Waals surface area (Å²) in [7, 11) is 0. The molecule has 4 nitrogen and oxygen atoms in total. The molecule has 1 atom stereocenters. The summed E-state index contributed by atoms with van der Waals surface area (Å²) in [4.78, 5) is 0. The minimum absolute atomic E-state index is 0.0255. The number of hydrazine groups is 1. The summed E-state index contributed by atoms with van der Waals surface area (Å²) in [5.74, 6) is 0.946. The Morgan fingerprint density at radius 1 is 1.00 bits per heavy atom. The second-order valence-corrected chi connectivity index (χ2v) is 6.85. The van der Waals surface area contributed by atoms with E-state index in [0.29, 0.717) is 12.3 Å². The van der Waals surface area contributed by atoms with Gasteiger partial charge in [-0.3, -0.25) is 0 Å². The predicted molar refractivity (Wildman–Crippen MR) is 95.4 cm³/mol. The highest BCUT2D eigenvalue weighted by atomic mass is 16.5. The number of phenolic OH excluding ortho intramolecular Hbond substituents is 1. The fraction of sp³-hybridized carbons (Fsp3) is 0.400. The highest BCUT2D eigenvalue weighted by Gasteiger charge is 2.49. The molecule has 4 rings (SSSR count). The van der Waals surface area contributed by atoms with Crippen molar-refractivity contribution in [3.63, 3.8) is 0 Å². The smallest absolute Gasteiger partial charge is 0.165 e. The monoisotopic (exact) mass is 324 g/mol. The van der Waals surface area contributed by atoms with Gasteiger partial charge in [-0.2, -0.15) is 0 Å². The van der Waals surface area contributed by atoms with Crippen LogP contribution in [0.5, 0.6) is 11.5 Å². The third-order valence-corrected chi connectivity index (χ3v) is 5.45. The number of benzene rings is 2. The van der Waals surface area contributed by atoms with Gasteiger partial charge >= 0.3 is 0 Å². The Bertz CT molecular complexity index is 696. The van der Waals surface area contributed by atoms with E-state index in [9.17, 15) is 5.11 Å². The van der Waals surface area contributed by atoms with Crippen molar-refractivity contribution < 1.29 is 9.84 Å². The summed E-state index contributed by atoms with van der Waals surface area (Å²) < 4.78 is 6.22. The zero-order chi connectivity index (χ0) is 16.4. The molecule has 0 saturated heterocycles. The number of aromatic hydroxyl groups is 1. The van der Waals surface area contributed by atoms with Crippen molar-refractivity contribution >= 4 is 5.69 Å². The van der Waals surface area contributed by atoms with Gasteiger partial charge in [-0.1, -0.05) is 49.6 Å². The summed E-state index contributed by atoms with van der Waals surface area (Å²) in [6, 6.07) is 15.9. The van der Waals surface area contributed by atoms with Crippen LogP contribution in [-0.2, 0) is 5.41 Å². The van der Waals surface area contributed by atoms with Crippen molar-refractivity contribution in [2.24, 2.45) is 0 Å². The van der Waals surface area contributed by atoms with Gasteiger partial charge in [0.25, 0.3) is 0 Å². The minimum atomic E-state index is 0.0255. The first-order valence-electron chi connectivity index (χ1n) is 8.83. The number of hydrogen-bond donors (Lipinski definition) is 3. The van der Waals surface area contributed by atoms with Crippen LogP contribution >= 0.6 is 0 Å². The molecule has 0 unspecified atom stereocenters. The molecular formula is C20H24N2O2. The first kappa shape index (κ1) is 15.3. The highest BCUT2D eigenvalue weighted by molar-refractivity contribution is 5.53. The third-order valence-electron chi connectivity index (χ3n) is 5.45. The average molecular weight is 324 g/mol. The molecular weight excluding hydrogens is 300 g/mol. The quantitative estimate of drug-likeness (QED) is 0.745. The molecule has 0 amide bonds. The molecule has 1 spiro atoms. The van der Waals surface area contributed by atoms with Gasteiger partial charge in [-0.05, 0) is 31.0 Å². The highest BCUT2D eigenvalue weighted by Crippen LogP contribution is 2.53. The lowest BCUT2D eigenvalue weighted by Crippen LogP contribution is -2.47. The molecule has 2 aliphatic rings. The Kier molecular flexibility index (Phi) is 4.07. The van der Waals surface area contributed by atoms with Gasteiger partial charge in [-0.15, -0.1) is 0 Å². The maximum atomic E-state index is 10.2. The van der Waals surface area contributed by atoms with Crippen LogP contribution in [0.4, 0.5) is 5.69 Å². The van der Waals surface area contributed by atoms with Crippen molar-refractivity contribution in [2.75, 3.05) is 12.0 Å². The topological polar surface area (TPSA) is 53.5 Å². The molecule has 1 saturated carbocycles. The molecule has 1 aliphatic heterocycles. The first-order chi connectivity index (χ1) is 11.8. The number of nitrogens with one attached hydrogen (secondary N) is 2. The number of rotatable bonds is 4. The molecule has 2 aromatic carbocycles. The lowest BCUT2D eigenvalue weighted by atomic mass is 9.67. The Labute approximate surface area is 142 Å². The Morgan fingerprint density at radius 3 is 2.58 bits per heavy atom.